The van der Waals surface area contributed by atoms with Crippen molar-refractivity contribution in [1.29, 1.82) is 0 Å². The number of rotatable bonds is 3. The summed E-state index contributed by atoms with van der Waals surface area (Å²) < 4.78 is 0. The smallest absolute Gasteiger partial charge is 0.0912 e. The van der Waals surface area contributed by atoms with Crippen LogP contribution in [0.2, 0.25) is 5.02 Å². The molecule has 0 aliphatic carbocycles. The molecule has 0 amide bonds. The van der Waals surface area contributed by atoms with E-state index in [1.165, 1.54) is 0 Å². The van der Waals surface area contributed by atoms with Crippen LogP contribution >= 0.6 is 11.6 Å². The molecule has 0 fully saturated rings. The van der Waals surface area contributed by atoms with Gasteiger partial charge < -0.3 is 10.8 Å². The van der Waals surface area contributed by atoms with Gasteiger partial charge in [0.2, 0.25) is 0 Å². The lowest BCUT2D eigenvalue weighted by Gasteiger charge is -2.12. The number of hydrogen-bond acceptors (Lipinski definition) is 2. The van der Waals surface area contributed by atoms with Gasteiger partial charge in [0.05, 0.1) is 6.10 Å². The number of halogens is 1. The second-order valence-electron chi connectivity index (χ2n) is 3.69. The predicted octanol–water partition coefficient (Wildman–Crippen LogP) is 2.46. The zero-order valence-electron chi connectivity index (χ0n) is 8.50. The summed E-state index contributed by atoms with van der Waals surface area (Å²) >= 11 is 6.07. The molecule has 0 spiro atoms. The van der Waals surface area contributed by atoms with E-state index in [0.29, 0.717) is 10.9 Å². The molecular weight excluding hydrogens is 198 g/mol. The van der Waals surface area contributed by atoms with E-state index in [4.69, 9.17) is 17.3 Å². The number of benzene rings is 1. The van der Waals surface area contributed by atoms with Crippen LogP contribution in [0.5, 0.6) is 0 Å². The van der Waals surface area contributed by atoms with Gasteiger partial charge in [-0.15, -0.1) is 0 Å². The Balaban J connectivity index is 3.00. The van der Waals surface area contributed by atoms with Crippen LogP contribution in [-0.2, 0) is 0 Å². The fraction of sp³-hybridized carbons (Fsp3) is 0.455. The van der Waals surface area contributed by atoms with Crippen molar-refractivity contribution in [1.82, 2.24) is 0 Å². The number of aliphatic hydroxyl groups is 1. The first-order valence-electron chi connectivity index (χ1n) is 4.73. The van der Waals surface area contributed by atoms with Crippen molar-refractivity contribution in [3.05, 3.63) is 34.3 Å². The summed E-state index contributed by atoms with van der Waals surface area (Å²) in [5, 5.41) is 10.2. The lowest BCUT2D eigenvalue weighted by Crippen LogP contribution is -2.11. The minimum Gasteiger partial charge on any atom is -0.387 e. The molecule has 2 nitrogen and oxygen atoms in total. The van der Waals surface area contributed by atoms with Gasteiger partial charge in [-0.25, -0.2) is 0 Å². The second-order valence-corrected chi connectivity index (χ2v) is 4.09. The lowest BCUT2D eigenvalue weighted by atomic mass is 10.00. The van der Waals surface area contributed by atoms with Crippen LogP contribution in [0.4, 0.5) is 0 Å². The summed E-state index contributed by atoms with van der Waals surface area (Å²) in [5.74, 6) is 0.395. The van der Waals surface area contributed by atoms with Crippen molar-refractivity contribution >= 4 is 11.6 Å². The molecule has 0 saturated carbocycles. The maximum atomic E-state index is 9.50. The maximum absolute atomic E-state index is 9.50. The van der Waals surface area contributed by atoms with Gasteiger partial charge in [0.1, 0.15) is 0 Å². The summed E-state index contributed by atoms with van der Waals surface area (Å²) in [7, 11) is 0. The third-order valence-corrected chi connectivity index (χ3v) is 2.58. The first-order valence-corrected chi connectivity index (χ1v) is 5.11. The molecule has 0 aliphatic rings. The topological polar surface area (TPSA) is 46.2 Å². The van der Waals surface area contributed by atoms with Crippen LogP contribution in [0, 0.1) is 0 Å². The van der Waals surface area contributed by atoms with Gasteiger partial charge in [0.15, 0.2) is 0 Å². The molecule has 0 heterocycles. The van der Waals surface area contributed by atoms with E-state index in [0.717, 1.165) is 11.1 Å². The van der Waals surface area contributed by atoms with Gasteiger partial charge in [-0.1, -0.05) is 37.6 Å². The van der Waals surface area contributed by atoms with Crippen LogP contribution < -0.4 is 5.73 Å². The second kappa shape index (κ2) is 4.78. The number of hydrogen-bond donors (Lipinski definition) is 2. The molecule has 78 valence electrons. The Morgan fingerprint density at radius 2 is 2.07 bits per heavy atom. The average Bonchev–Trinajstić information content (AvgIpc) is 2.15. The Labute approximate surface area is 89.7 Å². The zero-order valence-corrected chi connectivity index (χ0v) is 9.25. The van der Waals surface area contributed by atoms with Crippen molar-refractivity contribution in [2.45, 2.75) is 25.9 Å². The highest BCUT2D eigenvalue weighted by molar-refractivity contribution is 6.31. The molecule has 1 atom stereocenters. The van der Waals surface area contributed by atoms with Gasteiger partial charge in [-0.05, 0) is 23.1 Å². The quantitative estimate of drug-likeness (QED) is 0.810. The first kappa shape index (κ1) is 11.5. The Morgan fingerprint density at radius 1 is 1.43 bits per heavy atom. The van der Waals surface area contributed by atoms with Gasteiger partial charge in [-0.2, -0.15) is 0 Å². The fourth-order valence-corrected chi connectivity index (χ4v) is 1.76. The predicted molar refractivity (Wildman–Crippen MR) is 59.6 cm³/mol. The third kappa shape index (κ3) is 2.47. The van der Waals surface area contributed by atoms with E-state index in [-0.39, 0.29) is 6.54 Å². The summed E-state index contributed by atoms with van der Waals surface area (Å²) in [6, 6.07) is 5.61. The molecule has 1 aromatic carbocycles. The van der Waals surface area contributed by atoms with Crippen molar-refractivity contribution in [2.75, 3.05) is 6.54 Å². The molecule has 14 heavy (non-hydrogen) atoms. The Kier molecular flexibility index (Phi) is 3.93. The van der Waals surface area contributed by atoms with E-state index in [1.54, 1.807) is 6.07 Å². The van der Waals surface area contributed by atoms with Crippen LogP contribution in [0.3, 0.4) is 0 Å². The molecule has 0 radical (unpaired) electrons. The average molecular weight is 214 g/mol. The summed E-state index contributed by atoms with van der Waals surface area (Å²) in [6.45, 7) is 4.39. The molecule has 3 N–H and O–H groups in total. The highest BCUT2D eigenvalue weighted by atomic mass is 35.5. The van der Waals surface area contributed by atoms with Crippen molar-refractivity contribution in [3.63, 3.8) is 0 Å². The standard InChI is InChI=1S/C11H16ClNO/c1-7(2)9-4-3-8(5-10(9)12)11(14)6-13/h3-5,7,11,14H,6,13H2,1-2H3. The highest BCUT2D eigenvalue weighted by Crippen LogP contribution is 2.27. The Bertz CT molecular complexity index is 312. The molecule has 0 bridgehead atoms. The molecule has 0 aliphatic heterocycles. The molecule has 3 heteroatoms. The molecule has 0 saturated heterocycles. The van der Waals surface area contributed by atoms with Gasteiger partial charge >= 0.3 is 0 Å². The van der Waals surface area contributed by atoms with Gasteiger partial charge in [0.25, 0.3) is 0 Å². The maximum Gasteiger partial charge on any atom is 0.0912 e. The number of nitrogens with two attached hydrogens (primary N) is 1. The third-order valence-electron chi connectivity index (χ3n) is 2.25. The van der Waals surface area contributed by atoms with E-state index in [1.807, 2.05) is 12.1 Å². The Hall–Kier alpha value is -0.570. The van der Waals surface area contributed by atoms with Crippen molar-refractivity contribution < 1.29 is 5.11 Å². The van der Waals surface area contributed by atoms with E-state index >= 15 is 0 Å². The van der Waals surface area contributed by atoms with Crippen molar-refractivity contribution in [2.24, 2.45) is 5.73 Å². The fourth-order valence-electron chi connectivity index (χ4n) is 1.35. The minimum atomic E-state index is -0.617. The van der Waals surface area contributed by atoms with E-state index in [2.05, 4.69) is 13.8 Å². The van der Waals surface area contributed by atoms with E-state index < -0.39 is 6.10 Å². The van der Waals surface area contributed by atoms with Crippen molar-refractivity contribution in [3.8, 4) is 0 Å². The summed E-state index contributed by atoms with van der Waals surface area (Å²) in [4.78, 5) is 0. The minimum absolute atomic E-state index is 0.220. The van der Waals surface area contributed by atoms with E-state index in [9.17, 15) is 5.11 Å². The normalized spacial score (nSPS) is 13.3. The Morgan fingerprint density at radius 3 is 2.50 bits per heavy atom. The van der Waals surface area contributed by atoms with Crippen LogP contribution in [0.25, 0.3) is 0 Å². The largest absolute Gasteiger partial charge is 0.387 e. The van der Waals surface area contributed by atoms with Gasteiger partial charge in [0, 0.05) is 11.6 Å². The van der Waals surface area contributed by atoms with Crippen LogP contribution in [-0.4, -0.2) is 11.7 Å². The van der Waals surface area contributed by atoms with Crippen LogP contribution in [0.15, 0.2) is 18.2 Å². The SMILES string of the molecule is CC(C)c1ccc(C(O)CN)cc1Cl. The summed E-state index contributed by atoms with van der Waals surface area (Å²) in [6.07, 6.45) is -0.617. The number of aliphatic hydroxyl groups excluding tert-OH is 1. The molecular formula is C11H16ClNO. The molecule has 0 aromatic heterocycles. The van der Waals surface area contributed by atoms with Crippen LogP contribution in [0.1, 0.15) is 37.0 Å². The highest BCUT2D eigenvalue weighted by Gasteiger charge is 2.09. The lowest BCUT2D eigenvalue weighted by molar-refractivity contribution is 0.186. The molecule has 1 aromatic rings. The zero-order chi connectivity index (χ0) is 10.7. The first-order chi connectivity index (χ1) is 6.56. The van der Waals surface area contributed by atoms with Gasteiger partial charge in [-0.3, -0.25) is 0 Å². The molecule has 1 unspecified atom stereocenters. The monoisotopic (exact) mass is 213 g/mol. The summed E-state index contributed by atoms with van der Waals surface area (Å²) in [5.41, 5.74) is 7.24. The molecule has 1 rings (SSSR count).